The molecule has 0 aliphatic carbocycles. The molecule has 3 heterocycles. The molecule has 0 saturated heterocycles. The smallest absolute Gasteiger partial charge is 0.227 e. The Morgan fingerprint density at radius 1 is 0.458 bits per heavy atom. The Kier molecular flexibility index (Phi) is 6.01. The second kappa shape index (κ2) is 10.7. The number of furan rings is 1. The van der Waals surface area contributed by atoms with Crippen LogP contribution in [0.15, 0.2) is 167 Å². The number of benzene rings is 7. The lowest BCUT2D eigenvalue weighted by molar-refractivity contribution is 0.620. The Bertz CT molecular complexity index is 2780. The molecule has 0 aliphatic rings. The van der Waals surface area contributed by atoms with Crippen LogP contribution in [-0.2, 0) is 0 Å². The average Bonchev–Trinajstić information content (AvgIpc) is 3.84. The maximum absolute atomic E-state index is 6.52. The van der Waals surface area contributed by atoms with Gasteiger partial charge >= 0.3 is 0 Å². The summed E-state index contributed by atoms with van der Waals surface area (Å²) in [6.07, 6.45) is 0. The molecule has 4 nitrogen and oxygen atoms in total. The molecular formula is C43H26N2O2S. The quantitative estimate of drug-likeness (QED) is 0.189. The third kappa shape index (κ3) is 4.33. The van der Waals surface area contributed by atoms with E-state index in [0.29, 0.717) is 5.89 Å². The highest BCUT2D eigenvalue weighted by atomic mass is 32.1. The van der Waals surface area contributed by atoms with Gasteiger partial charge in [0.05, 0.1) is 11.1 Å². The van der Waals surface area contributed by atoms with Crippen molar-refractivity contribution < 1.29 is 8.83 Å². The molecule has 7 aromatic carbocycles. The molecule has 10 rings (SSSR count). The fourth-order valence-corrected chi connectivity index (χ4v) is 7.97. The van der Waals surface area contributed by atoms with Gasteiger partial charge in [-0.05, 0) is 71.8 Å². The monoisotopic (exact) mass is 634 g/mol. The molecule has 0 aliphatic heterocycles. The summed E-state index contributed by atoms with van der Waals surface area (Å²) in [5, 5.41) is 4.57. The van der Waals surface area contributed by atoms with Crippen LogP contribution < -0.4 is 4.90 Å². The van der Waals surface area contributed by atoms with E-state index in [1.807, 2.05) is 53.8 Å². The van der Waals surface area contributed by atoms with Crippen LogP contribution in [0.4, 0.5) is 17.1 Å². The van der Waals surface area contributed by atoms with Crippen molar-refractivity contribution in [3.8, 4) is 22.6 Å². The first-order valence-corrected chi connectivity index (χ1v) is 16.8. The van der Waals surface area contributed by atoms with Crippen molar-refractivity contribution in [1.82, 2.24) is 4.98 Å². The summed E-state index contributed by atoms with van der Waals surface area (Å²) in [5.74, 6) is 0.597. The molecule has 0 N–H and O–H groups in total. The number of hydrogen-bond acceptors (Lipinski definition) is 5. The van der Waals surface area contributed by atoms with Crippen LogP contribution in [0.1, 0.15) is 0 Å². The molecule has 0 amide bonds. The maximum Gasteiger partial charge on any atom is 0.227 e. The van der Waals surface area contributed by atoms with E-state index < -0.39 is 0 Å². The summed E-state index contributed by atoms with van der Waals surface area (Å²) in [5.41, 5.74) is 9.56. The zero-order valence-corrected chi connectivity index (χ0v) is 26.4. The van der Waals surface area contributed by atoms with Gasteiger partial charge in [0.1, 0.15) is 16.7 Å². The fourth-order valence-electron chi connectivity index (χ4n) is 6.83. The molecule has 0 radical (unpaired) electrons. The third-order valence-electron chi connectivity index (χ3n) is 9.10. The number of nitrogens with zero attached hydrogens (tertiary/aromatic N) is 2. The largest absolute Gasteiger partial charge is 0.456 e. The topological polar surface area (TPSA) is 42.4 Å². The molecule has 0 spiro atoms. The Hall–Kier alpha value is -6.17. The highest BCUT2D eigenvalue weighted by Crippen LogP contribution is 2.46. The van der Waals surface area contributed by atoms with Gasteiger partial charge in [0, 0.05) is 48.6 Å². The maximum atomic E-state index is 6.52. The molecule has 5 heteroatoms. The average molecular weight is 635 g/mol. The second-order valence-electron chi connectivity index (χ2n) is 12.0. The predicted molar refractivity (Wildman–Crippen MR) is 200 cm³/mol. The van der Waals surface area contributed by atoms with E-state index in [-0.39, 0.29) is 0 Å². The van der Waals surface area contributed by atoms with E-state index in [1.165, 1.54) is 31.3 Å². The van der Waals surface area contributed by atoms with Gasteiger partial charge in [0.2, 0.25) is 5.89 Å². The van der Waals surface area contributed by atoms with Crippen LogP contribution >= 0.6 is 11.3 Å². The van der Waals surface area contributed by atoms with Crippen molar-refractivity contribution in [2.75, 3.05) is 4.90 Å². The number of rotatable bonds is 5. The molecule has 0 saturated carbocycles. The van der Waals surface area contributed by atoms with Gasteiger partial charge in [0.15, 0.2) is 5.58 Å². The Balaban J connectivity index is 1.19. The van der Waals surface area contributed by atoms with E-state index in [2.05, 4.69) is 120 Å². The lowest BCUT2D eigenvalue weighted by atomic mass is 10.0. The summed E-state index contributed by atoms with van der Waals surface area (Å²) in [4.78, 5) is 7.14. The predicted octanol–water partition coefficient (Wildman–Crippen LogP) is 12.9. The minimum atomic E-state index is 0.597. The number of thiophene rings is 1. The van der Waals surface area contributed by atoms with Crippen LogP contribution in [0.2, 0.25) is 0 Å². The summed E-state index contributed by atoms with van der Waals surface area (Å²) in [6.45, 7) is 0. The van der Waals surface area contributed by atoms with Gasteiger partial charge < -0.3 is 13.7 Å². The van der Waals surface area contributed by atoms with Crippen molar-refractivity contribution in [3.63, 3.8) is 0 Å². The Morgan fingerprint density at radius 3 is 2.00 bits per heavy atom. The minimum absolute atomic E-state index is 0.597. The molecule has 226 valence electrons. The fraction of sp³-hybridized carbons (Fsp3) is 0. The van der Waals surface area contributed by atoms with E-state index in [4.69, 9.17) is 13.8 Å². The summed E-state index contributed by atoms with van der Waals surface area (Å²) < 4.78 is 15.4. The van der Waals surface area contributed by atoms with Gasteiger partial charge in [-0.3, -0.25) is 0 Å². The van der Waals surface area contributed by atoms with Crippen molar-refractivity contribution in [2.24, 2.45) is 0 Å². The number of aromatic nitrogens is 1. The normalized spacial score (nSPS) is 11.8. The van der Waals surface area contributed by atoms with E-state index in [1.54, 1.807) is 0 Å². The van der Waals surface area contributed by atoms with Crippen molar-refractivity contribution in [2.45, 2.75) is 0 Å². The lowest BCUT2D eigenvalue weighted by Gasteiger charge is -2.26. The molecule has 0 atom stereocenters. The molecular weight excluding hydrogens is 609 g/mol. The first kappa shape index (κ1) is 27.0. The van der Waals surface area contributed by atoms with Crippen molar-refractivity contribution >= 4 is 81.6 Å². The van der Waals surface area contributed by atoms with Crippen LogP contribution in [-0.4, -0.2) is 4.98 Å². The summed E-state index contributed by atoms with van der Waals surface area (Å²) in [7, 11) is 0. The van der Waals surface area contributed by atoms with Crippen LogP contribution in [0.5, 0.6) is 0 Å². The minimum Gasteiger partial charge on any atom is -0.456 e. The highest BCUT2D eigenvalue weighted by Gasteiger charge is 2.22. The van der Waals surface area contributed by atoms with Crippen molar-refractivity contribution in [3.05, 3.63) is 158 Å². The standard InChI is InChI=1S/C43H26N2O2S/c1-3-10-27(11-4-1)28-18-20-30(21-19-28)45(31-22-23-33-32-14-7-8-17-40(32)48-41(33)24-31)36-15-9-16-37-42(36)34-25-39-35(26-38(34)46-37)44-43(47-39)29-12-5-2-6-13-29/h1-26H. The van der Waals surface area contributed by atoms with Gasteiger partial charge in [-0.1, -0.05) is 91.0 Å². The van der Waals surface area contributed by atoms with E-state index in [0.717, 1.165) is 55.7 Å². The molecule has 48 heavy (non-hydrogen) atoms. The van der Waals surface area contributed by atoms with Crippen molar-refractivity contribution in [1.29, 1.82) is 0 Å². The number of hydrogen-bond donors (Lipinski definition) is 0. The van der Waals surface area contributed by atoms with E-state index in [9.17, 15) is 0 Å². The lowest BCUT2D eigenvalue weighted by Crippen LogP contribution is -2.10. The Morgan fingerprint density at radius 2 is 1.17 bits per heavy atom. The number of oxazole rings is 1. The molecule has 0 fully saturated rings. The number of fused-ring (bicyclic) bond motifs is 7. The number of anilines is 3. The zero-order chi connectivity index (χ0) is 31.6. The van der Waals surface area contributed by atoms with Gasteiger partial charge in [0.25, 0.3) is 0 Å². The summed E-state index contributed by atoms with van der Waals surface area (Å²) in [6, 6.07) is 55.1. The van der Waals surface area contributed by atoms with Crippen LogP contribution in [0.3, 0.4) is 0 Å². The van der Waals surface area contributed by atoms with Crippen LogP contribution in [0.25, 0.3) is 75.8 Å². The molecule has 10 aromatic rings. The zero-order valence-electron chi connectivity index (χ0n) is 25.6. The SMILES string of the molecule is c1ccc(-c2ccc(N(c3ccc4c(c3)sc3ccccc34)c3cccc4oc5cc6nc(-c7ccccc7)oc6cc5c34)cc2)cc1. The van der Waals surface area contributed by atoms with Crippen LogP contribution in [0, 0.1) is 0 Å². The molecule has 0 bridgehead atoms. The summed E-state index contributed by atoms with van der Waals surface area (Å²) >= 11 is 1.83. The van der Waals surface area contributed by atoms with Gasteiger partial charge in [-0.2, -0.15) is 0 Å². The first-order chi connectivity index (χ1) is 23.8. The first-order valence-electron chi connectivity index (χ1n) is 15.9. The Labute approximate surface area is 279 Å². The van der Waals surface area contributed by atoms with Gasteiger partial charge in [-0.15, -0.1) is 11.3 Å². The molecule has 0 unspecified atom stereocenters. The van der Waals surface area contributed by atoms with Gasteiger partial charge in [-0.25, -0.2) is 4.98 Å². The second-order valence-corrected chi connectivity index (χ2v) is 13.1. The molecule has 3 aromatic heterocycles. The third-order valence-corrected chi connectivity index (χ3v) is 10.2. The van der Waals surface area contributed by atoms with E-state index >= 15 is 0 Å². The highest BCUT2D eigenvalue weighted by molar-refractivity contribution is 7.25.